The van der Waals surface area contributed by atoms with E-state index in [2.05, 4.69) is 15.3 Å². The van der Waals surface area contributed by atoms with E-state index in [0.717, 1.165) is 17.1 Å². The molecule has 88 valence electrons. The lowest BCUT2D eigenvalue weighted by Crippen LogP contribution is -2.04. The lowest BCUT2D eigenvalue weighted by molar-refractivity contribution is 0.410. The number of anilines is 2. The molecule has 2 rings (SSSR count). The van der Waals surface area contributed by atoms with Crippen molar-refractivity contribution in [2.45, 2.75) is 6.54 Å². The fourth-order valence-electron chi connectivity index (χ4n) is 1.51. The van der Waals surface area contributed by atoms with Crippen molar-refractivity contribution in [1.82, 2.24) is 9.97 Å². The smallest absolute Gasteiger partial charge is 0.144 e. The molecule has 0 atom stereocenters. The first-order valence-corrected chi connectivity index (χ1v) is 5.22. The Balaban J connectivity index is 2.11. The van der Waals surface area contributed by atoms with Crippen molar-refractivity contribution in [3.63, 3.8) is 0 Å². The summed E-state index contributed by atoms with van der Waals surface area (Å²) in [7, 11) is 1.64. The van der Waals surface area contributed by atoms with E-state index >= 15 is 0 Å². The Labute approximate surface area is 99.7 Å². The molecule has 0 aliphatic rings. The number of methoxy groups -OCH3 is 1. The molecule has 3 N–H and O–H groups in total. The summed E-state index contributed by atoms with van der Waals surface area (Å²) in [6.07, 6.45) is 4.93. The van der Waals surface area contributed by atoms with Crippen LogP contribution in [0.2, 0.25) is 0 Å². The van der Waals surface area contributed by atoms with Crippen LogP contribution in [0.25, 0.3) is 0 Å². The second kappa shape index (κ2) is 5.16. The van der Waals surface area contributed by atoms with Crippen molar-refractivity contribution in [2.24, 2.45) is 0 Å². The Hall–Kier alpha value is -2.30. The molecule has 0 aliphatic heterocycles. The van der Waals surface area contributed by atoms with Gasteiger partial charge >= 0.3 is 0 Å². The normalized spacial score (nSPS) is 9.94. The van der Waals surface area contributed by atoms with Crippen LogP contribution in [0, 0.1) is 0 Å². The van der Waals surface area contributed by atoms with Gasteiger partial charge in [0.15, 0.2) is 0 Å². The summed E-state index contributed by atoms with van der Waals surface area (Å²) in [4.78, 5) is 8.10. The maximum Gasteiger partial charge on any atom is 0.144 e. The second-order valence-electron chi connectivity index (χ2n) is 3.52. The number of nitrogens with one attached hydrogen (secondary N) is 1. The highest BCUT2D eigenvalue weighted by Gasteiger charge is 2.03. The average molecular weight is 230 g/mol. The van der Waals surface area contributed by atoms with E-state index in [4.69, 9.17) is 10.5 Å². The lowest BCUT2D eigenvalue weighted by Gasteiger charge is -2.10. The van der Waals surface area contributed by atoms with Gasteiger partial charge in [-0.15, -0.1) is 0 Å². The minimum atomic E-state index is 0.590. The van der Waals surface area contributed by atoms with Crippen molar-refractivity contribution in [1.29, 1.82) is 0 Å². The van der Waals surface area contributed by atoms with Crippen LogP contribution in [0.5, 0.6) is 5.75 Å². The molecule has 0 saturated carbocycles. The zero-order valence-electron chi connectivity index (χ0n) is 9.55. The van der Waals surface area contributed by atoms with E-state index in [9.17, 15) is 0 Å². The molecule has 1 aromatic carbocycles. The van der Waals surface area contributed by atoms with Crippen LogP contribution in [0.1, 0.15) is 5.56 Å². The van der Waals surface area contributed by atoms with Crippen LogP contribution in [0.3, 0.4) is 0 Å². The first-order valence-electron chi connectivity index (χ1n) is 5.22. The standard InChI is InChI=1S/C12H14N4O/c1-17-11-3-2-10(13)6-9(11)7-16-12-8-14-4-5-15-12/h2-6,8H,7,13H2,1H3,(H,15,16). The van der Waals surface area contributed by atoms with Gasteiger partial charge in [-0.25, -0.2) is 4.98 Å². The molecule has 0 aliphatic carbocycles. The van der Waals surface area contributed by atoms with Crippen LogP contribution in [-0.2, 0) is 6.54 Å². The van der Waals surface area contributed by atoms with Gasteiger partial charge in [-0.05, 0) is 18.2 Å². The number of benzene rings is 1. The van der Waals surface area contributed by atoms with E-state index in [0.29, 0.717) is 12.2 Å². The van der Waals surface area contributed by atoms with Gasteiger partial charge in [0, 0.05) is 30.2 Å². The molecule has 1 aromatic heterocycles. The van der Waals surface area contributed by atoms with Gasteiger partial charge in [-0.2, -0.15) is 0 Å². The lowest BCUT2D eigenvalue weighted by atomic mass is 10.2. The van der Waals surface area contributed by atoms with Crippen molar-refractivity contribution < 1.29 is 4.74 Å². The van der Waals surface area contributed by atoms with E-state index in [1.54, 1.807) is 25.7 Å². The highest BCUT2D eigenvalue weighted by atomic mass is 16.5. The number of aromatic nitrogens is 2. The second-order valence-corrected chi connectivity index (χ2v) is 3.52. The third-order valence-electron chi connectivity index (χ3n) is 2.33. The maximum atomic E-state index is 5.74. The summed E-state index contributed by atoms with van der Waals surface area (Å²) in [5, 5.41) is 3.15. The molecule has 2 aromatic rings. The number of nitrogens with two attached hydrogens (primary N) is 1. The SMILES string of the molecule is COc1ccc(N)cc1CNc1cnccn1. The average Bonchev–Trinajstić information content (AvgIpc) is 2.38. The van der Waals surface area contributed by atoms with E-state index in [1.165, 1.54) is 0 Å². The monoisotopic (exact) mass is 230 g/mol. The number of ether oxygens (including phenoxy) is 1. The molecule has 17 heavy (non-hydrogen) atoms. The molecule has 0 bridgehead atoms. The van der Waals surface area contributed by atoms with E-state index in [-0.39, 0.29) is 0 Å². The van der Waals surface area contributed by atoms with Gasteiger partial charge in [0.2, 0.25) is 0 Å². The van der Waals surface area contributed by atoms with Crippen LogP contribution in [-0.4, -0.2) is 17.1 Å². The summed E-state index contributed by atoms with van der Waals surface area (Å²) >= 11 is 0. The molecule has 1 heterocycles. The molecule has 0 spiro atoms. The zero-order chi connectivity index (χ0) is 12.1. The topological polar surface area (TPSA) is 73.1 Å². The van der Waals surface area contributed by atoms with Gasteiger partial charge < -0.3 is 15.8 Å². The van der Waals surface area contributed by atoms with E-state index in [1.807, 2.05) is 18.2 Å². The summed E-state index contributed by atoms with van der Waals surface area (Å²) in [6.45, 7) is 0.590. The van der Waals surface area contributed by atoms with Gasteiger partial charge in [0.25, 0.3) is 0 Å². The third-order valence-corrected chi connectivity index (χ3v) is 2.33. The highest BCUT2D eigenvalue weighted by molar-refractivity contribution is 5.49. The van der Waals surface area contributed by atoms with Crippen molar-refractivity contribution in [2.75, 3.05) is 18.2 Å². The Kier molecular flexibility index (Phi) is 3.40. The summed E-state index contributed by atoms with van der Waals surface area (Å²) in [5.41, 5.74) is 7.43. The van der Waals surface area contributed by atoms with E-state index < -0.39 is 0 Å². The molecular weight excluding hydrogens is 216 g/mol. The number of rotatable bonds is 4. The van der Waals surface area contributed by atoms with Crippen LogP contribution in [0.15, 0.2) is 36.8 Å². The number of nitrogens with zero attached hydrogens (tertiary/aromatic N) is 2. The number of hydrogen-bond acceptors (Lipinski definition) is 5. The first kappa shape index (κ1) is 11.2. The van der Waals surface area contributed by atoms with Gasteiger partial charge in [0.1, 0.15) is 11.6 Å². The van der Waals surface area contributed by atoms with Crippen LogP contribution in [0.4, 0.5) is 11.5 Å². The predicted molar refractivity (Wildman–Crippen MR) is 66.8 cm³/mol. The minimum absolute atomic E-state index is 0.590. The molecule has 0 saturated heterocycles. The van der Waals surface area contributed by atoms with Crippen molar-refractivity contribution in [3.05, 3.63) is 42.4 Å². The molecule has 0 fully saturated rings. The fourth-order valence-corrected chi connectivity index (χ4v) is 1.51. The Bertz CT molecular complexity index is 487. The number of hydrogen-bond donors (Lipinski definition) is 2. The molecule has 0 amide bonds. The number of nitrogen functional groups attached to an aromatic ring is 1. The van der Waals surface area contributed by atoms with Crippen LogP contribution >= 0.6 is 0 Å². The first-order chi connectivity index (χ1) is 8.29. The summed E-state index contributed by atoms with van der Waals surface area (Å²) in [6, 6.07) is 5.54. The molecule has 0 radical (unpaired) electrons. The highest BCUT2D eigenvalue weighted by Crippen LogP contribution is 2.21. The minimum Gasteiger partial charge on any atom is -0.496 e. The molecular formula is C12H14N4O. The Morgan fingerprint density at radius 3 is 2.94 bits per heavy atom. The van der Waals surface area contributed by atoms with Crippen LogP contribution < -0.4 is 15.8 Å². The van der Waals surface area contributed by atoms with Gasteiger partial charge in [-0.1, -0.05) is 0 Å². The van der Waals surface area contributed by atoms with Gasteiger partial charge in [-0.3, -0.25) is 4.98 Å². The molecule has 5 nitrogen and oxygen atoms in total. The zero-order valence-corrected chi connectivity index (χ0v) is 9.55. The maximum absolute atomic E-state index is 5.74. The van der Waals surface area contributed by atoms with Crippen molar-refractivity contribution in [3.8, 4) is 5.75 Å². The van der Waals surface area contributed by atoms with Crippen molar-refractivity contribution >= 4 is 11.5 Å². The predicted octanol–water partition coefficient (Wildman–Crippen LogP) is 1.68. The Morgan fingerprint density at radius 2 is 2.24 bits per heavy atom. The summed E-state index contributed by atoms with van der Waals surface area (Å²) < 4.78 is 5.26. The fraction of sp³-hybridized carbons (Fsp3) is 0.167. The Morgan fingerprint density at radius 1 is 1.35 bits per heavy atom. The largest absolute Gasteiger partial charge is 0.496 e. The molecule has 0 unspecified atom stereocenters. The van der Waals surface area contributed by atoms with Gasteiger partial charge in [0.05, 0.1) is 13.3 Å². The molecule has 5 heteroatoms. The quantitative estimate of drug-likeness (QED) is 0.782. The summed E-state index contributed by atoms with van der Waals surface area (Å²) in [5.74, 6) is 1.52. The third kappa shape index (κ3) is 2.84.